The van der Waals surface area contributed by atoms with Gasteiger partial charge in [-0.25, -0.2) is 13.2 Å². The predicted molar refractivity (Wildman–Crippen MR) is 118 cm³/mol. The average Bonchev–Trinajstić information content (AvgIpc) is 2.79. The molecule has 33 heavy (non-hydrogen) atoms. The number of carbonyl (C=O) groups is 2. The summed E-state index contributed by atoms with van der Waals surface area (Å²) < 4.78 is 45.1. The minimum absolute atomic E-state index is 0.00730. The Labute approximate surface area is 192 Å². The van der Waals surface area contributed by atoms with Crippen molar-refractivity contribution in [2.24, 2.45) is 0 Å². The van der Waals surface area contributed by atoms with Crippen LogP contribution in [0.25, 0.3) is 0 Å². The number of rotatable bonds is 11. The Morgan fingerprint density at radius 3 is 2.55 bits per heavy atom. The first-order valence-electron chi connectivity index (χ1n) is 9.78. The summed E-state index contributed by atoms with van der Waals surface area (Å²) in [4.78, 5) is 36.6. The largest absolute Gasteiger partial charge is 0.490 e. The van der Waals surface area contributed by atoms with E-state index in [4.69, 9.17) is 4.74 Å². The lowest BCUT2D eigenvalue weighted by atomic mass is 10.2. The number of methoxy groups -OCH3 is 1. The summed E-state index contributed by atoms with van der Waals surface area (Å²) >= 11 is 1.20. The number of benzene rings is 2. The van der Waals surface area contributed by atoms with Crippen molar-refractivity contribution in [3.05, 3.63) is 63.5 Å². The molecule has 0 aliphatic carbocycles. The zero-order valence-electron chi connectivity index (χ0n) is 17.9. The molecule has 0 heterocycles. The zero-order chi connectivity index (χ0) is 24.5. The van der Waals surface area contributed by atoms with Crippen LogP contribution < -0.4 is 10.1 Å². The van der Waals surface area contributed by atoms with Crippen molar-refractivity contribution in [1.29, 1.82) is 0 Å². The van der Waals surface area contributed by atoms with Crippen LogP contribution in [-0.2, 0) is 15.3 Å². The highest BCUT2D eigenvalue weighted by atomic mass is 32.2. The predicted octanol–water partition coefficient (Wildman–Crippen LogP) is 4.13. The number of thioether (sulfide) groups is 1. The number of anilines is 1. The van der Waals surface area contributed by atoms with Crippen LogP contribution in [0.4, 0.5) is 24.5 Å². The van der Waals surface area contributed by atoms with Gasteiger partial charge in [-0.3, -0.25) is 19.7 Å². The number of nitro groups is 1. The molecule has 0 spiro atoms. The molecule has 0 aliphatic heterocycles. The van der Waals surface area contributed by atoms with Crippen LogP contribution >= 0.6 is 11.8 Å². The van der Waals surface area contributed by atoms with Crippen LogP contribution in [0.3, 0.4) is 0 Å². The Morgan fingerprint density at radius 1 is 1.18 bits per heavy atom. The third-order valence-corrected chi connectivity index (χ3v) is 5.41. The zero-order valence-corrected chi connectivity index (χ0v) is 18.7. The van der Waals surface area contributed by atoms with Gasteiger partial charge >= 0.3 is 5.69 Å². The smallest absolute Gasteiger partial charge is 0.311 e. The number of nitro benzene ring substituents is 1. The Kier molecular flexibility index (Phi) is 9.52. The molecule has 0 radical (unpaired) electrons. The maximum absolute atomic E-state index is 13.8. The SMILES string of the molecule is CCCN(CC(=O)Nc1ccc(F)c(F)c1F)C(=O)CSCc1ccc(OC)c([N+](=O)[O-])c1. The van der Waals surface area contributed by atoms with E-state index in [1.807, 2.05) is 0 Å². The molecule has 0 fully saturated rings. The minimum atomic E-state index is -1.70. The topological polar surface area (TPSA) is 102 Å². The lowest BCUT2D eigenvalue weighted by molar-refractivity contribution is -0.385. The van der Waals surface area contributed by atoms with Gasteiger partial charge in [0.15, 0.2) is 23.2 Å². The lowest BCUT2D eigenvalue weighted by Gasteiger charge is -2.21. The van der Waals surface area contributed by atoms with E-state index >= 15 is 0 Å². The number of halogens is 3. The first-order chi connectivity index (χ1) is 15.7. The molecule has 1 N–H and O–H groups in total. The highest BCUT2D eigenvalue weighted by Gasteiger charge is 2.20. The van der Waals surface area contributed by atoms with Crippen molar-refractivity contribution in [3.8, 4) is 5.75 Å². The molecule has 2 rings (SSSR count). The Hall–Kier alpha value is -3.28. The third kappa shape index (κ3) is 7.11. The molecular formula is C21H22F3N3O5S. The van der Waals surface area contributed by atoms with Crippen molar-refractivity contribution in [3.63, 3.8) is 0 Å². The normalized spacial score (nSPS) is 10.6. The maximum Gasteiger partial charge on any atom is 0.311 e. The number of amides is 2. The molecule has 178 valence electrons. The second-order valence-electron chi connectivity index (χ2n) is 6.84. The van der Waals surface area contributed by atoms with Crippen molar-refractivity contribution in [1.82, 2.24) is 4.90 Å². The number of nitrogens with one attached hydrogen (secondary N) is 1. The van der Waals surface area contributed by atoms with Crippen LogP contribution in [0.5, 0.6) is 5.75 Å². The Balaban J connectivity index is 1.95. The first-order valence-corrected chi connectivity index (χ1v) is 10.9. The van der Waals surface area contributed by atoms with Crippen molar-refractivity contribution in [2.45, 2.75) is 19.1 Å². The van der Waals surface area contributed by atoms with E-state index < -0.39 is 40.5 Å². The highest BCUT2D eigenvalue weighted by molar-refractivity contribution is 7.99. The summed E-state index contributed by atoms with van der Waals surface area (Å²) in [6, 6.07) is 6.06. The second kappa shape index (κ2) is 12.1. The molecule has 0 atom stereocenters. The van der Waals surface area contributed by atoms with E-state index in [2.05, 4.69) is 5.32 Å². The third-order valence-electron chi connectivity index (χ3n) is 4.42. The van der Waals surface area contributed by atoms with E-state index in [1.165, 1.54) is 35.9 Å². The van der Waals surface area contributed by atoms with Gasteiger partial charge in [-0.15, -0.1) is 11.8 Å². The molecule has 12 heteroatoms. The molecule has 0 aromatic heterocycles. The molecule has 0 saturated carbocycles. The summed E-state index contributed by atoms with van der Waals surface area (Å²) in [5.74, 6) is -5.32. The van der Waals surface area contributed by atoms with Gasteiger partial charge in [0.2, 0.25) is 11.8 Å². The summed E-state index contributed by atoms with van der Waals surface area (Å²) in [5.41, 5.74) is -0.0946. The number of carbonyl (C=O) groups excluding carboxylic acids is 2. The molecule has 2 aromatic rings. The van der Waals surface area contributed by atoms with Gasteiger partial charge in [0.05, 0.1) is 30.0 Å². The van der Waals surface area contributed by atoms with E-state index in [-0.39, 0.29) is 29.6 Å². The maximum atomic E-state index is 13.8. The monoisotopic (exact) mass is 485 g/mol. The molecule has 8 nitrogen and oxygen atoms in total. The van der Waals surface area contributed by atoms with Crippen molar-refractivity contribution >= 4 is 35.0 Å². The Bertz CT molecular complexity index is 1040. The highest BCUT2D eigenvalue weighted by Crippen LogP contribution is 2.29. The number of hydrogen-bond acceptors (Lipinski definition) is 6. The Morgan fingerprint density at radius 2 is 1.91 bits per heavy atom. The van der Waals surface area contributed by atoms with Crippen LogP contribution in [0.1, 0.15) is 18.9 Å². The van der Waals surface area contributed by atoms with Gasteiger partial charge in [0.1, 0.15) is 0 Å². The van der Waals surface area contributed by atoms with Crippen molar-refractivity contribution < 1.29 is 32.4 Å². The lowest BCUT2D eigenvalue weighted by Crippen LogP contribution is -2.39. The molecule has 2 aromatic carbocycles. The summed E-state index contributed by atoms with van der Waals surface area (Å²) in [5, 5.41) is 13.3. The number of nitrogens with zero attached hydrogens (tertiary/aromatic N) is 2. The summed E-state index contributed by atoms with van der Waals surface area (Å²) in [7, 11) is 1.33. The van der Waals surface area contributed by atoms with Crippen LogP contribution in [0.2, 0.25) is 0 Å². The fraction of sp³-hybridized carbons (Fsp3) is 0.333. The van der Waals surface area contributed by atoms with E-state index in [0.29, 0.717) is 23.8 Å². The second-order valence-corrected chi connectivity index (χ2v) is 7.83. The van der Waals surface area contributed by atoms with Gasteiger partial charge in [-0.05, 0) is 30.2 Å². The van der Waals surface area contributed by atoms with Gasteiger partial charge in [0, 0.05) is 18.4 Å². The minimum Gasteiger partial charge on any atom is -0.490 e. The molecule has 2 amide bonds. The van der Waals surface area contributed by atoms with Gasteiger partial charge < -0.3 is 15.0 Å². The molecule has 0 unspecified atom stereocenters. The van der Waals surface area contributed by atoms with Gasteiger partial charge in [-0.2, -0.15) is 0 Å². The fourth-order valence-electron chi connectivity index (χ4n) is 2.86. The quantitative estimate of drug-likeness (QED) is 0.292. The summed E-state index contributed by atoms with van der Waals surface area (Å²) in [6.07, 6.45) is 0.550. The first kappa shape index (κ1) is 26.0. The van der Waals surface area contributed by atoms with Crippen LogP contribution in [-0.4, -0.2) is 47.6 Å². The van der Waals surface area contributed by atoms with Gasteiger partial charge in [0.25, 0.3) is 0 Å². The standard InChI is InChI=1S/C21H22F3N3O5S/c1-3-8-26(10-18(28)25-15-6-5-14(22)20(23)21(15)24)19(29)12-33-11-13-4-7-17(32-2)16(9-13)27(30)31/h4-7,9H,3,8,10-12H2,1-2H3,(H,25,28). The number of hydrogen-bond donors (Lipinski definition) is 1. The molecule has 0 saturated heterocycles. The van der Waals surface area contributed by atoms with Crippen molar-refractivity contribution in [2.75, 3.05) is 31.3 Å². The summed E-state index contributed by atoms with van der Waals surface area (Å²) in [6.45, 7) is 1.65. The molecule has 0 aliphatic rings. The number of ether oxygens (including phenoxy) is 1. The average molecular weight is 485 g/mol. The van der Waals surface area contributed by atoms with E-state index in [1.54, 1.807) is 13.0 Å². The van der Waals surface area contributed by atoms with Crippen LogP contribution in [0.15, 0.2) is 30.3 Å². The fourth-order valence-corrected chi connectivity index (χ4v) is 3.74. The van der Waals surface area contributed by atoms with Crippen LogP contribution in [0, 0.1) is 27.6 Å². The van der Waals surface area contributed by atoms with Gasteiger partial charge in [-0.1, -0.05) is 13.0 Å². The van der Waals surface area contributed by atoms with E-state index in [0.717, 1.165) is 6.07 Å². The molecule has 0 bridgehead atoms. The molecular weight excluding hydrogens is 463 g/mol. The van der Waals surface area contributed by atoms with E-state index in [9.17, 15) is 32.9 Å².